The molecule has 0 aliphatic heterocycles. The molecule has 1 unspecified atom stereocenters. The number of aryl methyl sites for hydroxylation is 1. The number of nitrogens with one attached hydrogen (secondary N) is 1. The van der Waals surface area contributed by atoms with Crippen molar-refractivity contribution in [1.82, 2.24) is 15.3 Å². The first kappa shape index (κ1) is 13.2. The molecule has 2 rings (SSSR count). The summed E-state index contributed by atoms with van der Waals surface area (Å²) in [4.78, 5) is 8.37. The molecule has 0 spiro atoms. The summed E-state index contributed by atoms with van der Waals surface area (Å²) in [5.41, 5.74) is 1.98. The van der Waals surface area contributed by atoms with E-state index in [1.54, 1.807) is 6.20 Å². The van der Waals surface area contributed by atoms with Gasteiger partial charge in [-0.3, -0.25) is 0 Å². The second kappa shape index (κ2) is 6.62. The minimum absolute atomic E-state index is 0.135. The van der Waals surface area contributed by atoms with Crippen LogP contribution >= 0.6 is 0 Å². The molecular weight excluding hydrogens is 236 g/mol. The van der Waals surface area contributed by atoms with Crippen molar-refractivity contribution >= 4 is 0 Å². The van der Waals surface area contributed by atoms with Crippen LogP contribution in [0.15, 0.2) is 42.6 Å². The third-order valence-corrected chi connectivity index (χ3v) is 2.85. The topological polar surface area (TPSA) is 61.6 Å². The Balaban J connectivity index is 1.90. The highest BCUT2D eigenvalue weighted by Crippen LogP contribution is 2.13. The third-order valence-electron chi connectivity index (χ3n) is 2.85. The smallest absolute Gasteiger partial charge is 0.125 e. The molecule has 4 nitrogen and oxygen atoms in total. The molecule has 0 aliphatic carbocycles. The molecule has 4 heteroatoms. The van der Waals surface area contributed by atoms with E-state index in [2.05, 4.69) is 21.4 Å². The molecule has 0 aliphatic rings. The summed E-state index contributed by atoms with van der Waals surface area (Å²) in [5, 5.41) is 12.5. The van der Waals surface area contributed by atoms with Crippen LogP contribution in [0.1, 0.15) is 23.0 Å². The summed E-state index contributed by atoms with van der Waals surface area (Å²) < 4.78 is 0. The number of hydrogen-bond acceptors (Lipinski definition) is 4. The van der Waals surface area contributed by atoms with Crippen molar-refractivity contribution in [1.29, 1.82) is 5.26 Å². The van der Waals surface area contributed by atoms with Crippen LogP contribution in [0.2, 0.25) is 0 Å². The van der Waals surface area contributed by atoms with Crippen molar-refractivity contribution in [2.75, 3.05) is 6.54 Å². The Labute approximate surface area is 113 Å². The van der Waals surface area contributed by atoms with Crippen LogP contribution in [0, 0.1) is 18.3 Å². The van der Waals surface area contributed by atoms with Gasteiger partial charge in [0.05, 0.1) is 17.7 Å². The van der Waals surface area contributed by atoms with Gasteiger partial charge in [0.2, 0.25) is 0 Å². The number of aromatic nitrogens is 2. The maximum absolute atomic E-state index is 9.21. The molecule has 0 fully saturated rings. The zero-order valence-corrected chi connectivity index (χ0v) is 10.9. The maximum atomic E-state index is 9.21. The Morgan fingerprint density at radius 1 is 1.26 bits per heavy atom. The largest absolute Gasteiger partial charge is 0.310 e. The Hall–Kier alpha value is -2.25. The van der Waals surface area contributed by atoms with Crippen LogP contribution in [0.25, 0.3) is 0 Å². The number of rotatable bonds is 5. The molecule has 2 aromatic rings. The van der Waals surface area contributed by atoms with E-state index in [0.29, 0.717) is 13.1 Å². The highest BCUT2D eigenvalue weighted by Gasteiger charge is 2.09. The summed E-state index contributed by atoms with van der Waals surface area (Å²) in [7, 11) is 0. The van der Waals surface area contributed by atoms with Crippen molar-refractivity contribution < 1.29 is 0 Å². The quantitative estimate of drug-likeness (QED) is 0.886. The second-order valence-corrected chi connectivity index (χ2v) is 4.32. The molecule has 96 valence electrons. The highest BCUT2D eigenvalue weighted by molar-refractivity contribution is 5.25. The lowest BCUT2D eigenvalue weighted by molar-refractivity contribution is 0.640. The summed E-state index contributed by atoms with van der Waals surface area (Å²) in [6, 6.07) is 14.0. The molecule has 1 atom stereocenters. The average molecular weight is 252 g/mol. The molecule has 0 bridgehead atoms. The molecule has 19 heavy (non-hydrogen) atoms. The van der Waals surface area contributed by atoms with Gasteiger partial charge >= 0.3 is 0 Å². The van der Waals surface area contributed by atoms with E-state index >= 15 is 0 Å². The molecule has 1 heterocycles. The lowest BCUT2D eigenvalue weighted by Crippen LogP contribution is -2.21. The van der Waals surface area contributed by atoms with E-state index in [9.17, 15) is 5.26 Å². The summed E-state index contributed by atoms with van der Waals surface area (Å²) in [6.45, 7) is 3.13. The average Bonchev–Trinajstić information content (AvgIpc) is 2.45. The zero-order valence-electron chi connectivity index (χ0n) is 10.9. The van der Waals surface area contributed by atoms with E-state index in [0.717, 1.165) is 17.1 Å². The SMILES string of the molecule is Cc1nccc(CNCC(C#N)c2ccccc2)n1. The first-order chi connectivity index (χ1) is 9.29. The Morgan fingerprint density at radius 3 is 2.74 bits per heavy atom. The van der Waals surface area contributed by atoms with Gasteiger partial charge in [-0.25, -0.2) is 9.97 Å². The zero-order chi connectivity index (χ0) is 13.5. The number of nitrogens with zero attached hydrogens (tertiary/aromatic N) is 3. The molecular formula is C15H16N4. The summed E-state index contributed by atoms with van der Waals surface area (Å²) >= 11 is 0. The van der Waals surface area contributed by atoms with E-state index in [1.807, 2.05) is 43.3 Å². The molecule has 1 aromatic heterocycles. The third kappa shape index (κ3) is 3.87. The van der Waals surface area contributed by atoms with Crippen LogP contribution in [-0.2, 0) is 6.54 Å². The molecule has 0 saturated carbocycles. The fourth-order valence-corrected chi connectivity index (χ4v) is 1.87. The van der Waals surface area contributed by atoms with Crippen molar-refractivity contribution in [3.63, 3.8) is 0 Å². The predicted octanol–water partition coefficient (Wildman–Crippen LogP) is 2.18. The van der Waals surface area contributed by atoms with Gasteiger partial charge < -0.3 is 5.32 Å². The van der Waals surface area contributed by atoms with E-state index < -0.39 is 0 Å². The van der Waals surface area contributed by atoms with Crippen molar-refractivity contribution in [2.45, 2.75) is 19.4 Å². The lowest BCUT2D eigenvalue weighted by atomic mass is 10.0. The minimum Gasteiger partial charge on any atom is -0.310 e. The predicted molar refractivity (Wildman–Crippen MR) is 73.3 cm³/mol. The lowest BCUT2D eigenvalue weighted by Gasteiger charge is -2.10. The van der Waals surface area contributed by atoms with E-state index in [1.165, 1.54) is 0 Å². The first-order valence-corrected chi connectivity index (χ1v) is 6.23. The molecule has 1 aromatic carbocycles. The van der Waals surface area contributed by atoms with Gasteiger partial charge in [0.25, 0.3) is 0 Å². The minimum atomic E-state index is -0.135. The monoisotopic (exact) mass is 252 g/mol. The highest BCUT2D eigenvalue weighted by atomic mass is 14.9. The van der Waals surface area contributed by atoms with Crippen molar-refractivity contribution in [2.24, 2.45) is 0 Å². The van der Waals surface area contributed by atoms with Crippen LogP contribution in [0.3, 0.4) is 0 Å². The number of benzene rings is 1. The fraction of sp³-hybridized carbons (Fsp3) is 0.267. The van der Waals surface area contributed by atoms with Gasteiger partial charge in [0.1, 0.15) is 5.82 Å². The van der Waals surface area contributed by atoms with Crippen LogP contribution in [0.4, 0.5) is 0 Å². The maximum Gasteiger partial charge on any atom is 0.125 e. The molecule has 0 amide bonds. The van der Waals surface area contributed by atoms with E-state index in [-0.39, 0.29) is 5.92 Å². The first-order valence-electron chi connectivity index (χ1n) is 6.23. The summed E-state index contributed by atoms with van der Waals surface area (Å²) in [5.74, 6) is 0.628. The van der Waals surface area contributed by atoms with Gasteiger partial charge in [-0.1, -0.05) is 30.3 Å². The van der Waals surface area contributed by atoms with Crippen LogP contribution < -0.4 is 5.32 Å². The molecule has 1 N–H and O–H groups in total. The van der Waals surface area contributed by atoms with Crippen LogP contribution in [0.5, 0.6) is 0 Å². The Morgan fingerprint density at radius 2 is 2.05 bits per heavy atom. The van der Waals surface area contributed by atoms with Gasteiger partial charge in [-0.15, -0.1) is 0 Å². The van der Waals surface area contributed by atoms with Crippen LogP contribution in [-0.4, -0.2) is 16.5 Å². The van der Waals surface area contributed by atoms with Gasteiger partial charge in [-0.2, -0.15) is 5.26 Å². The van der Waals surface area contributed by atoms with E-state index in [4.69, 9.17) is 0 Å². The van der Waals surface area contributed by atoms with Gasteiger partial charge in [0.15, 0.2) is 0 Å². The second-order valence-electron chi connectivity index (χ2n) is 4.32. The van der Waals surface area contributed by atoms with Gasteiger partial charge in [0, 0.05) is 19.3 Å². The van der Waals surface area contributed by atoms with Crippen molar-refractivity contribution in [3.8, 4) is 6.07 Å². The number of hydrogen-bond donors (Lipinski definition) is 1. The Kier molecular flexibility index (Phi) is 4.60. The normalized spacial score (nSPS) is 11.8. The number of nitriles is 1. The van der Waals surface area contributed by atoms with Crippen molar-refractivity contribution in [3.05, 3.63) is 59.7 Å². The molecule has 0 saturated heterocycles. The Bertz CT molecular complexity index is 560. The molecule has 0 radical (unpaired) electrons. The standard InChI is InChI=1S/C15H16N4/c1-12-18-8-7-15(19-12)11-17-10-14(9-16)13-5-3-2-4-6-13/h2-8,14,17H,10-11H2,1H3. The van der Waals surface area contributed by atoms with Gasteiger partial charge in [-0.05, 0) is 18.6 Å². The summed E-state index contributed by atoms with van der Waals surface area (Å²) in [6.07, 6.45) is 1.75. The fourth-order valence-electron chi connectivity index (χ4n) is 1.87.